The lowest BCUT2D eigenvalue weighted by atomic mass is 9.96. The average molecular weight is 402 g/mol. The molecule has 0 bridgehead atoms. The minimum Gasteiger partial charge on any atom is -0.495 e. The Kier molecular flexibility index (Phi) is 7.18. The normalized spacial score (nSPS) is 15.2. The van der Waals surface area contributed by atoms with Gasteiger partial charge in [0.05, 0.1) is 12.8 Å². The van der Waals surface area contributed by atoms with Gasteiger partial charge in [0.15, 0.2) is 0 Å². The second-order valence-corrected chi connectivity index (χ2v) is 7.76. The zero-order valence-electron chi connectivity index (χ0n) is 16.5. The third-order valence-corrected chi connectivity index (χ3v) is 5.56. The van der Waals surface area contributed by atoms with Crippen molar-refractivity contribution in [3.05, 3.63) is 58.6 Å². The summed E-state index contributed by atoms with van der Waals surface area (Å²) in [5.41, 5.74) is 3.31. The van der Waals surface area contributed by atoms with Crippen molar-refractivity contribution < 1.29 is 9.53 Å². The van der Waals surface area contributed by atoms with E-state index >= 15 is 0 Å². The maximum absolute atomic E-state index is 12.2. The Morgan fingerprint density at radius 2 is 1.96 bits per heavy atom. The van der Waals surface area contributed by atoms with Crippen LogP contribution in [0.15, 0.2) is 42.5 Å². The highest BCUT2D eigenvalue weighted by Gasteiger charge is 2.20. The molecule has 0 aliphatic carbocycles. The van der Waals surface area contributed by atoms with Gasteiger partial charge in [-0.3, -0.25) is 4.90 Å². The van der Waals surface area contributed by atoms with Crippen LogP contribution in [-0.2, 0) is 6.54 Å². The number of carbonyl (C=O) groups excluding carboxylic acids is 1. The lowest BCUT2D eigenvalue weighted by Crippen LogP contribution is -2.39. The van der Waals surface area contributed by atoms with Crippen LogP contribution in [0, 0.1) is 12.8 Å². The Morgan fingerprint density at radius 1 is 1.21 bits per heavy atom. The number of nitrogens with one attached hydrogen (secondary N) is 2. The molecule has 1 saturated heterocycles. The molecule has 1 aliphatic heterocycles. The summed E-state index contributed by atoms with van der Waals surface area (Å²) in [4.78, 5) is 14.7. The molecule has 0 atom stereocenters. The van der Waals surface area contributed by atoms with Crippen molar-refractivity contribution in [3.63, 3.8) is 0 Å². The number of aryl methyl sites for hydroxylation is 1. The maximum atomic E-state index is 12.2. The molecule has 150 valence electrons. The van der Waals surface area contributed by atoms with Gasteiger partial charge in [-0.15, -0.1) is 0 Å². The van der Waals surface area contributed by atoms with Crippen LogP contribution in [0.4, 0.5) is 10.5 Å². The third kappa shape index (κ3) is 5.63. The largest absolute Gasteiger partial charge is 0.495 e. The summed E-state index contributed by atoms with van der Waals surface area (Å²) in [5, 5.41) is 6.35. The van der Waals surface area contributed by atoms with Gasteiger partial charge >= 0.3 is 6.03 Å². The van der Waals surface area contributed by atoms with Crippen molar-refractivity contribution >= 4 is 23.3 Å². The van der Waals surface area contributed by atoms with Crippen molar-refractivity contribution in [1.29, 1.82) is 0 Å². The van der Waals surface area contributed by atoms with Crippen molar-refractivity contribution in [1.82, 2.24) is 10.2 Å². The molecule has 1 fully saturated rings. The van der Waals surface area contributed by atoms with Gasteiger partial charge < -0.3 is 15.4 Å². The van der Waals surface area contributed by atoms with Gasteiger partial charge in [-0.1, -0.05) is 35.9 Å². The molecule has 28 heavy (non-hydrogen) atoms. The van der Waals surface area contributed by atoms with Crippen molar-refractivity contribution in [3.8, 4) is 5.75 Å². The fraction of sp³-hybridized carbons (Fsp3) is 0.409. The SMILES string of the molecule is COc1ccc(Cl)cc1NC(=O)NCC1CCN(Cc2ccccc2C)CC1. The Hall–Kier alpha value is -2.24. The van der Waals surface area contributed by atoms with Crippen molar-refractivity contribution in [2.45, 2.75) is 26.3 Å². The van der Waals surface area contributed by atoms with E-state index in [1.165, 1.54) is 11.1 Å². The second kappa shape index (κ2) is 9.80. The number of piperidine rings is 1. The fourth-order valence-corrected chi connectivity index (χ4v) is 3.73. The average Bonchev–Trinajstić information content (AvgIpc) is 2.69. The summed E-state index contributed by atoms with van der Waals surface area (Å²) >= 11 is 6.01. The second-order valence-electron chi connectivity index (χ2n) is 7.33. The molecule has 0 radical (unpaired) electrons. The number of likely N-dealkylation sites (tertiary alicyclic amines) is 1. The number of amides is 2. The molecule has 2 aromatic rings. The predicted molar refractivity (Wildman–Crippen MR) is 114 cm³/mol. The quantitative estimate of drug-likeness (QED) is 0.738. The summed E-state index contributed by atoms with van der Waals surface area (Å²) in [6.07, 6.45) is 2.18. The number of anilines is 1. The molecule has 0 unspecified atom stereocenters. The molecule has 6 heteroatoms. The van der Waals surface area contributed by atoms with Gasteiger partial charge in [-0.2, -0.15) is 0 Å². The molecule has 1 heterocycles. The van der Waals surface area contributed by atoms with Crippen LogP contribution in [0.5, 0.6) is 5.75 Å². The Morgan fingerprint density at radius 3 is 2.68 bits per heavy atom. The number of hydrogen-bond donors (Lipinski definition) is 2. The number of carbonyl (C=O) groups is 1. The van der Waals surface area contributed by atoms with E-state index in [1.807, 2.05) is 0 Å². The number of hydrogen-bond acceptors (Lipinski definition) is 3. The summed E-state index contributed by atoms with van der Waals surface area (Å²) in [6.45, 7) is 5.96. The lowest BCUT2D eigenvalue weighted by Gasteiger charge is -2.32. The van der Waals surface area contributed by atoms with Crippen molar-refractivity contribution in [2.24, 2.45) is 5.92 Å². The van der Waals surface area contributed by atoms with Gasteiger partial charge in [0.2, 0.25) is 0 Å². The minimum atomic E-state index is -0.233. The number of nitrogens with zero attached hydrogens (tertiary/aromatic N) is 1. The Labute approximate surface area is 172 Å². The van der Waals surface area contributed by atoms with E-state index in [-0.39, 0.29) is 6.03 Å². The molecule has 0 spiro atoms. The summed E-state index contributed by atoms with van der Waals surface area (Å²) in [5.74, 6) is 1.09. The Bertz CT molecular complexity index is 804. The van der Waals surface area contributed by atoms with Crippen LogP contribution in [0.3, 0.4) is 0 Å². The third-order valence-electron chi connectivity index (χ3n) is 5.32. The van der Waals surface area contributed by atoms with Crippen LogP contribution >= 0.6 is 11.6 Å². The molecule has 3 rings (SSSR count). The number of urea groups is 1. The molecule has 1 aliphatic rings. The van der Waals surface area contributed by atoms with E-state index in [2.05, 4.69) is 46.7 Å². The van der Waals surface area contributed by atoms with Crippen LogP contribution in [-0.4, -0.2) is 37.7 Å². The van der Waals surface area contributed by atoms with E-state index < -0.39 is 0 Å². The molecule has 2 N–H and O–H groups in total. The van der Waals surface area contributed by atoms with Gasteiger partial charge in [0, 0.05) is 18.1 Å². The predicted octanol–water partition coefficient (Wildman–Crippen LogP) is 4.69. The Balaban J connectivity index is 1.42. The number of ether oxygens (including phenoxy) is 1. The number of methoxy groups -OCH3 is 1. The van der Waals surface area contributed by atoms with Crippen LogP contribution in [0.2, 0.25) is 5.02 Å². The first-order chi connectivity index (χ1) is 13.5. The van der Waals surface area contributed by atoms with Gasteiger partial charge in [0.1, 0.15) is 5.75 Å². The monoisotopic (exact) mass is 401 g/mol. The van der Waals surface area contributed by atoms with E-state index in [0.717, 1.165) is 32.5 Å². The first kappa shape index (κ1) is 20.5. The molecule has 5 nitrogen and oxygen atoms in total. The highest BCUT2D eigenvalue weighted by molar-refractivity contribution is 6.31. The first-order valence-corrected chi connectivity index (χ1v) is 10.1. The van der Waals surface area contributed by atoms with Crippen molar-refractivity contribution in [2.75, 3.05) is 32.1 Å². The lowest BCUT2D eigenvalue weighted by molar-refractivity contribution is 0.175. The van der Waals surface area contributed by atoms with Crippen LogP contribution < -0.4 is 15.4 Å². The van der Waals surface area contributed by atoms with E-state index in [9.17, 15) is 4.79 Å². The molecule has 2 amide bonds. The number of benzene rings is 2. The summed E-state index contributed by atoms with van der Waals surface area (Å²) in [6, 6.07) is 13.5. The fourth-order valence-electron chi connectivity index (χ4n) is 3.56. The standard InChI is InChI=1S/C22H28ClN3O2/c1-16-5-3-4-6-18(16)15-26-11-9-17(10-12-26)14-24-22(27)25-20-13-19(23)7-8-21(20)28-2/h3-8,13,17H,9-12,14-15H2,1-2H3,(H2,24,25,27). The topological polar surface area (TPSA) is 53.6 Å². The smallest absolute Gasteiger partial charge is 0.319 e. The van der Waals surface area contributed by atoms with Gasteiger partial charge in [-0.05, 0) is 68.1 Å². The highest BCUT2D eigenvalue weighted by Crippen LogP contribution is 2.27. The van der Waals surface area contributed by atoms with E-state index in [0.29, 0.717) is 28.9 Å². The summed E-state index contributed by atoms with van der Waals surface area (Å²) in [7, 11) is 1.57. The van der Waals surface area contributed by atoms with E-state index in [4.69, 9.17) is 16.3 Å². The van der Waals surface area contributed by atoms with Gasteiger partial charge in [0.25, 0.3) is 0 Å². The molecular weight excluding hydrogens is 374 g/mol. The summed E-state index contributed by atoms with van der Waals surface area (Å²) < 4.78 is 5.26. The van der Waals surface area contributed by atoms with Gasteiger partial charge in [-0.25, -0.2) is 4.79 Å². The molecule has 0 aromatic heterocycles. The van der Waals surface area contributed by atoms with E-state index in [1.54, 1.807) is 25.3 Å². The minimum absolute atomic E-state index is 0.233. The first-order valence-electron chi connectivity index (χ1n) is 9.70. The van der Waals surface area contributed by atoms with Crippen LogP contribution in [0.1, 0.15) is 24.0 Å². The molecule has 0 saturated carbocycles. The van der Waals surface area contributed by atoms with Crippen LogP contribution in [0.25, 0.3) is 0 Å². The molecular formula is C22H28ClN3O2. The zero-order chi connectivity index (χ0) is 19.9. The number of halogens is 1. The number of rotatable bonds is 6. The molecule has 2 aromatic carbocycles. The maximum Gasteiger partial charge on any atom is 0.319 e. The highest BCUT2D eigenvalue weighted by atomic mass is 35.5. The zero-order valence-corrected chi connectivity index (χ0v) is 17.3.